The van der Waals surface area contributed by atoms with Crippen LogP contribution in [0.2, 0.25) is 0 Å². The lowest BCUT2D eigenvalue weighted by Crippen LogP contribution is -2.35. The third-order valence-electron chi connectivity index (χ3n) is 3.47. The van der Waals surface area contributed by atoms with Gasteiger partial charge in [-0.15, -0.1) is 0 Å². The molecular weight excluding hydrogens is 252 g/mol. The van der Waals surface area contributed by atoms with Gasteiger partial charge in [-0.3, -0.25) is 0 Å². The molecule has 0 aromatic heterocycles. The molecule has 6 heteroatoms. The first-order valence-corrected chi connectivity index (χ1v) is 6.16. The first kappa shape index (κ1) is 12.1. The van der Waals surface area contributed by atoms with Crippen molar-refractivity contribution in [2.45, 2.75) is 18.9 Å². The van der Waals surface area contributed by atoms with Gasteiger partial charge in [0.2, 0.25) is 0 Å². The minimum absolute atomic E-state index is 0.0659. The van der Waals surface area contributed by atoms with Gasteiger partial charge in [0.05, 0.1) is 0 Å². The lowest BCUT2D eigenvalue weighted by Gasteiger charge is -2.24. The molecular formula is C13H13F2N3O. The number of aliphatic imine (C=N–C) groups is 1. The number of amidine groups is 1. The maximum Gasteiger partial charge on any atom is 0.346 e. The van der Waals surface area contributed by atoms with E-state index in [1.54, 1.807) is 0 Å². The molecule has 2 N–H and O–H groups in total. The lowest BCUT2D eigenvalue weighted by molar-refractivity contribution is 0.203. The Balaban J connectivity index is 1.95. The Bertz CT molecular complexity index is 569. The van der Waals surface area contributed by atoms with Crippen molar-refractivity contribution in [2.75, 3.05) is 6.54 Å². The Labute approximate surface area is 108 Å². The summed E-state index contributed by atoms with van der Waals surface area (Å²) < 4.78 is 26.8. The van der Waals surface area contributed by atoms with Crippen LogP contribution in [-0.2, 0) is 0 Å². The van der Waals surface area contributed by atoms with Gasteiger partial charge in [-0.25, -0.2) is 13.6 Å². The molecule has 3 rings (SSSR count). The summed E-state index contributed by atoms with van der Waals surface area (Å²) >= 11 is 0. The fourth-order valence-electron chi connectivity index (χ4n) is 2.32. The van der Waals surface area contributed by atoms with Crippen molar-refractivity contribution in [3.05, 3.63) is 35.4 Å². The minimum atomic E-state index is -0.714. The number of hydrogen-bond donors (Lipinski definition) is 1. The third kappa shape index (κ3) is 2.18. The van der Waals surface area contributed by atoms with Crippen molar-refractivity contribution in [1.82, 2.24) is 4.90 Å². The van der Waals surface area contributed by atoms with Crippen LogP contribution >= 0.6 is 0 Å². The van der Waals surface area contributed by atoms with Crippen LogP contribution in [-0.4, -0.2) is 23.3 Å². The molecule has 0 bridgehead atoms. The van der Waals surface area contributed by atoms with Crippen molar-refractivity contribution in [3.8, 4) is 0 Å². The van der Waals surface area contributed by atoms with Gasteiger partial charge in [-0.1, -0.05) is 6.07 Å². The zero-order chi connectivity index (χ0) is 13.6. The average molecular weight is 265 g/mol. The smallest absolute Gasteiger partial charge is 0.346 e. The molecule has 0 radical (unpaired) electrons. The highest BCUT2D eigenvalue weighted by atomic mass is 19.1. The zero-order valence-corrected chi connectivity index (χ0v) is 10.1. The van der Waals surface area contributed by atoms with Crippen molar-refractivity contribution in [3.63, 3.8) is 0 Å². The number of carbonyl (C=O) groups excluding carboxylic acids is 1. The van der Waals surface area contributed by atoms with Crippen molar-refractivity contribution < 1.29 is 13.6 Å². The number of carbonyl (C=O) groups is 1. The van der Waals surface area contributed by atoms with Gasteiger partial charge in [0.1, 0.15) is 23.5 Å². The number of urea groups is 1. The van der Waals surface area contributed by atoms with Crippen molar-refractivity contribution >= 4 is 11.9 Å². The molecule has 19 heavy (non-hydrogen) atoms. The second-order valence-electron chi connectivity index (χ2n) is 4.98. The Morgan fingerprint density at radius 2 is 2.11 bits per heavy atom. The van der Waals surface area contributed by atoms with Crippen LogP contribution in [0.1, 0.15) is 24.4 Å². The number of nitrogens with zero attached hydrogens (tertiary/aromatic N) is 2. The van der Waals surface area contributed by atoms with Gasteiger partial charge in [-0.05, 0) is 24.8 Å². The summed E-state index contributed by atoms with van der Waals surface area (Å²) in [5.41, 5.74) is 5.91. The molecule has 1 atom stereocenters. The van der Waals surface area contributed by atoms with E-state index in [-0.39, 0.29) is 11.4 Å². The van der Waals surface area contributed by atoms with E-state index in [0.29, 0.717) is 12.5 Å². The normalized spacial score (nSPS) is 22.8. The third-order valence-corrected chi connectivity index (χ3v) is 3.47. The van der Waals surface area contributed by atoms with E-state index in [0.717, 1.165) is 25.0 Å². The molecule has 2 amide bonds. The van der Waals surface area contributed by atoms with Gasteiger partial charge in [-0.2, -0.15) is 4.99 Å². The van der Waals surface area contributed by atoms with E-state index in [4.69, 9.17) is 5.73 Å². The Morgan fingerprint density at radius 1 is 1.37 bits per heavy atom. The monoisotopic (exact) mass is 265 g/mol. The fourth-order valence-corrected chi connectivity index (χ4v) is 2.32. The molecule has 1 fully saturated rings. The molecule has 100 valence electrons. The highest BCUT2D eigenvalue weighted by Crippen LogP contribution is 2.36. The van der Waals surface area contributed by atoms with Crippen molar-refractivity contribution in [2.24, 2.45) is 16.6 Å². The predicted molar refractivity (Wildman–Crippen MR) is 65.5 cm³/mol. The SMILES string of the molecule is NC1=NC(=O)N(CC2CC2)C1c1ccc(F)cc1F. The summed E-state index contributed by atoms with van der Waals surface area (Å²) in [6.45, 7) is 0.518. The summed E-state index contributed by atoms with van der Waals surface area (Å²) in [7, 11) is 0. The first-order chi connectivity index (χ1) is 9.06. The number of rotatable bonds is 3. The van der Waals surface area contributed by atoms with Gasteiger partial charge >= 0.3 is 6.03 Å². The molecule has 2 aliphatic rings. The number of amides is 2. The largest absolute Gasteiger partial charge is 0.385 e. The predicted octanol–water partition coefficient (Wildman–Crippen LogP) is 2.21. The lowest BCUT2D eigenvalue weighted by atomic mass is 10.0. The summed E-state index contributed by atoms with van der Waals surface area (Å²) in [6, 6.07) is 2.10. The quantitative estimate of drug-likeness (QED) is 0.910. The van der Waals surface area contributed by atoms with Crippen LogP contribution in [0.3, 0.4) is 0 Å². The topological polar surface area (TPSA) is 58.7 Å². The van der Waals surface area contributed by atoms with E-state index in [1.807, 2.05) is 0 Å². The summed E-state index contributed by atoms with van der Waals surface area (Å²) in [6.07, 6.45) is 2.12. The molecule has 1 aromatic rings. The van der Waals surface area contributed by atoms with Gasteiger partial charge in [0.15, 0.2) is 0 Å². The molecule has 1 heterocycles. The highest BCUT2D eigenvalue weighted by Gasteiger charge is 2.39. The second-order valence-corrected chi connectivity index (χ2v) is 4.98. The van der Waals surface area contributed by atoms with Crippen LogP contribution in [0.5, 0.6) is 0 Å². The van der Waals surface area contributed by atoms with Crippen LogP contribution in [0, 0.1) is 17.6 Å². The van der Waals surface area contributed by atoms with Gasteiger partial charge in [0.25, 0.3) is 0 Å². The number of halogens is 2. The minimum Gasteiger partial charge on any atom is -0.385 e. The van der Waals surface area contributed by atoms with Crippen LogP contribution in [0.15, 0.2) is 23.2 Å². The molecule has 1 aliphatic heterocycles. The van der Waals surface area contributed by atoms with Gasteiger partial charge in [0, 0.05) is 18.2 Å². The van der Waals surface area contributed by atoms with Crippen LogP contribution in [0.25, 0.3) is 0 Å². The van der Waals surface area contributed by atoms with Crippen LogP contribution < -0.4 is 5.73 Å². The molecule has 0 saturated heterocycles. The first-order valence-electron chi connectivity index (χ1n) is 6.16. The Kier molecular flexibility index (Phi) is 2.73. The van der Waals surface area contributed by atoms with Crippen LogP contribution in [0.4, 0.5) is 13.6 Å². The summed E-state index contributed by atoms with van der Waals surface area (Å²) in [5, 5.41) is 0. The number of benzene rings is 1. The van der Waals surface area contributed by atoms with E-state index in [1.165, 1.54) is 11.0 Å². The highest BCUT2D eigenvalue weighted by molar-refractivity contribution is 6.03. The Morgan fingerprint density at radius 3 is 2.74 bits per heavy atom. The van der Waals surface area contributed by atoms with E-state index in [9.17, 15) is 13.6 Å². The molecule has 4 nitrogen and oxygen atoms in total. The Hall–Kier alpha value is -1.98. The molecule has 1 aromatic carbocycles. The average Bonchev–Trinajstić information content (AvgIpc) is 3.09. The van der Waals surface area contributed by atoms with Crippen molar-refractivity contribution in [1.29, 1.82) is 0 Å². The maximum atomic E-state index is 13.8. The summed E-state index contributed by atoms with van der Waals surface area (Å²) in [5.74, 6) is -0.860. The van der Waals surface area contributed by atoms with Gasteiger partial charge < -0.3 is 10.6 Å². The fraction of sp³-hybridized carbons (Fsp3) is 0.385. The number of hydrogen-bond acceptors (Lipinski definition) is 2. The zero-order valence-electron chi connectivity index (χ0n) is 10.1. The standard InChI is InChI=1S/C13H13F2N3O/c14-8-3-4-9(10(15)5-8)11-12(16)17-13(19)18(11)6-7-1-2-7/h3-5,7,11H,1-2,6H2,(H2,16,17,19). The van der Waals surface area contributed by atoms with E-state index in [2.05, 4.69) is 4.99 Å². The maximum absolute atomic E-state index is 13.8. The molecule has 1 unspecified atom stereocenters. The molecule has 1 aliphatic carbocycles. The molecule has 1 saturated carbocycles. The number of nitrogens with two attached hydrogens (primary N) is 1. The summed E-state index contributed by atoms with van der Waals surface area (Å²) in [4.78, 5) is 16.9. The van der Waals surface area contributed by atoms with E-state index >= 15 is 0 Å². The molecule has 0 spiro atoms. The van der Waals surface area contributed by atoms with E-state index < -0.39 is 23.7 Å². The second kappa shape index (κ2) is 4.29.